The average molecular weight is 233 g/mol. The summed E-state index contributed by atoms with van der Waals surface area (Å²) in [5.41, 5.74) is 8.55. The molecule has 0 atom stereocenters. The Bertz CT molecular complexity index is 392. The SMILES string of the molecule is CC(C)(CO)c1cccc(C2(N)CCCC2)c1. The summed E-state index contributed by atoms with van der Waals surface area (Å²) in [6.45, 7) is 4.28. The maximum atomic E-state index is 9.44. The molecule has 1 aliphatic rings. The molecule has 1 aromatic rings. The van der Waals surface area contributed by atoms with Crippen molar-refractivity contribution in [3.63, 3.8) is 0 Å². The van der Waals surface area contributed by atoms with Gasteiger partial charge < -0.3 is 10.8 Å². The van der Waals surface area contributed by atoms with Crippen molar-refractivity contribution in [3.05, 3.63) is 35.4 Å². The molecule has 0 amide bonds. The van der Waals surface area contributed by atoms with Crippen molar-refractivity contribution >= 4 is 0 Å². The molecule has 1 saturated carbocycles. The molecule has 0 spiro atoms. The van der Waals surface area contributed by atoms with Gasteiger partial charge in [-0.3, -0.25) is 0 Å². The van der Waals surface area contributed by atoms with Gasteiger partial charge in [0, 0.05) is 11.0 Å². The average Bonchev–Trinajstić information content (AvgIpc) is 2.78. The lowest BCUT2D eigenvalue weighted by Crippen LogP contribution is -2.33. The summed E-state index contributed by atoms with van der Waals surface area (Å²) in [5, 5.41) is 9.44. The summed E-state index contributed by atoms with van der Waals surface area (Å²) in [6, 6.07) is 8.46. The molecule has 1 aromatic carbocycles. The molecule has 94 valence electrons. The molecular weight excluding hydrogens is 210 g/mol. The van der Waals surface area contributed by atoms with Crippen molar-refractivity contribution in [2.75, 3.05) is 6.61 Å². The van der Waals surface area contributed by atoms with E-state index >= 15 is 0 Å². The highest BCUT2D eigenvalue weighted by Crippen LogP contribution is 2.37. The van der Waals surface area contributed by atoms with Crippen LogP contribution in [0.5, 0.6) is 0 Å². The molecule has 0 aromatic heterocycles. The lowest BCUT2D eigenvalue weighted by molar-refractivity contribution is 0.218. The molecule has 2 heteroatoms. The van der Waals surface area contributed by atoms with Gasteiger partial charge in [0.2, 0.25) is 0 Å². The number of nitrogens with two attached hydrogens (primary N) is 1. The van der Waals surface area contributed by atoms with Crippen LogP contribution in [0.3, 0.4) is 0 Å². The minimum atomic E-state index is -0.190. The fourth-order valence-corrected chi connectivity index (χ4v) is 2.64. The second kappa shape index (κ2) is 4.43. The van der Waals surface area contributed by atoms with Crippen LogP contribution in [0.1, 0.15) is 50.7 Å². The maximum Gasteiger partial charge on any atom is 0.0522 e. The van der Waals surface area contributed by atoms with Gasteiger partial charge >= 0.3 is 0 Å². The molecule has 1 fully saturated rings. The van der Waals surface area contributed by atoms with Gasteiger partial charge in [0.25, 0.3) is 0 Å². The number of rotatable bonds is 3. The van der Waals surface area contributed by atoms with E-state index < -0.39 is 0 Å². The van der Waals surface area contributed by atoms with E-state index in [2.05, 4.69) is 38.1 Å². The van der Waals surface area contributed by atoms with Crippen LogP contribution in [0, 0.1) is 0 Å². The number of benzene rings is 1. The summed E-state index contributed by atoms with van der Waals surface area (Å²) >= 11 is 0. The first-order chi connectivity index (χ1) is 7.98. The van der Waals surface area contributed by atoms with Gasteiger partial charge in [0.1, 0.15) is 0 Å². The molecule has 0 heterocycles. The summed E-state index contributed by atoms with van der Waals surface area (Å²) < 4.78 is 0. The third kappa shape index (κ3) is 2.38. The molecule has 3 N–H and O–H groups in total. The molecule has 2 nitrogen and oxygen atoms in total. The predicted octanol–water partition coefficient (Wildman–Crippen LogP) is 2.68. The molecule has 0 aliphatic heterocycles. The van der Waals surface area contributed by atoms with Crippen LogP contribution in [0.25, 0.3) is 0 Å². The van der Waals surface area contributed by atoms with Crippen molar-refractivity contribution in [3.8, 4) is 0 Å². The summed E-state index contributed by atoms with van der Waals surface area (Å²) in [7, 11) is 0. The number of hydrogen-bond acceptors (Lipinski definition) is 2. The molecule has 0 bridgehead atoms. The second-order valence-corrected chi connectivity index (χ2v) is 5.99. The summed E-state index contributed by atoms with van der Waals surface area (Å²) in [4.78, 5) is 0. The third-order valence-electron chi connectivity index (χ3n) is 4.11. The van der Waals surface area contributed by atoms with Crippen molar-refractivity contribution in [2.24, 2.45) is 5.73 Å². The molecule has 0 radical (unpaired) electrons. The Morgan fingerprint density at radius 2 is 1.94 bits per heavy atom. The topological polar surface area (TPSA) is 46.2 Å². The van der Waals surface area contributed by atoms with E-state index in [-0.39, 0.29) is 17.6 Å². The van der Waals surface area contributed by atoms with Gasteiger partial charge in [-0.2, -0.15) is 0 Å². The fourth-order valence-electron chi connectivity index (χ4n) is 2.64. The van der Waals surface area contributed by atoms with Gasteiger partial charge in [0.05, 0.1) is 6.61 Å². The maximum absolute atomic E-state index is 9.44. The molecular formula is C15H23NO. The molecule has 0 saturated heterocycles. The summed E-state index contributed by atoms with van der Waals surface area (Å²) in [5.74, 6) is 0. The van der Waals surface area contributed by atoms with E-state index in [1.54, 1.807) is 0 Å². The van der Waals surface area contributed by atoms with E-state index in [1.165, 1.54) is 24.0 Å². The van der Waals surface area contributed by atoms with Crippen molar-refractivity contribution < 1.29 is 5.11 Å². The smallest absolute Gasteiger partial charge is 0.0522 e. The number of hydrogen-bond donors (Lipinski definition) is 2. The van der Waals surface area contributed by atoms with Crippen LogP contribution in [0.4, 0.5) is 0 Å². The van der Waals surface area contributed by atoms with Crippen LogP contribution in [0.15, 0.2) is 24.3 Å². The Kier molecular flexibility index (Phi) is 3.28. The van der Waals surface area contributed by atoms with E-state index in [4.69, 9.17) is 5.73 Å². The third-order valence-corrected chi connectivity index (χ3v) is 4.11. The molecule has 1 aliphatic carbocycles. The van der Waals surface area contributed by atoms with E-state index in [0.717, 1.165) is 12.8 Å². The minimum absolute atomic E-state index is 0.137. The molecule has 0 unspecified atom stereocenters. The van der Waals surface area contributed by atoms with Crippen LogP contribution < -0.4 is 5.73 Å². The first-order valence-electron chi connectivity index (χ1n) is 6.49. The minimum Gasteiger partial charge on any atom is -0.395 e. The zero-order chi connectivity index (χ0) is 12.5. The Balaban J connectivity index is 2.35. The van der Waals surface area contributed by atoms with Crippen LogP contribution in [-0.2, 0) is 11.0 Å². The first kappa shape index (κ1) is 12.6. The Morgan fingerprint density at radius 3 is 2.53 bits per heavy atom. The van der Waals surface area contributed by atoms with E-state index in [0.29, 0.717) is 0 Å². The monoisotopic (exact) mass is 233 g/mol. The van der Waals surface area contributed by atoms with Crippen molar-refractivity contribution in [2.45, 2.75) is 50.5 Å². The van der Waals surface area contributed by atoms with Gasteiger partial charge in [-0.25, -0.2) is 0 Å². The zero-order valence-corrected chi connectivity index (χ0v) is 10.9. The van der Waals surface area contributed by atoms with Gasteiger partial charge in [0.15, 0.2) is 0 Å². The largest absolute Gasteiger partial charge is 0.395 e. The summed E-state index contributed by atoms with van der Waals surface area (Å²) in [6.07, 6.45) is 4.61. The van der Waals surface area contributed by atoms with E-state index in [9.17, 15) is 5.11 Å². The van der Waals surface area contributed by atoms with E-state index in [1.807, 2.05) is 0 Å². The fraction of sp³-hybridized carbons (Fsp3) is 0.600. The Morgan fingerprint density at radius 1 is 1.29 bits per heavy atom. The van der Waals surface area contributed by atoms with Gasteiger partial charge in [-0.05, 0) is 24.0 Å². The normalized spacial score (nSPS) is 19.5. The van der Waals surface area contributed by atoms with Gasteiger partial charge in [-0.1, -0.05) is 51.0 Å². The van der Waals surface area contributed by atoms with Crippen LogP contribution in [-0.4, -0.2) is 11.7 Å². The lowest BCUT2D eigenvalue weighted by Gasteiger charge is -2.28. The highest BCUT2D eigenvalue weighted by atomic mass is 16.3. The quantitative estimate of drug-likeness (QED) is 0.843. The number of aliphatic hydroxyl groups excluding tert-OH is 1. The molecule has 17 heavy (non-hydrogen) atoms. The van der Waals surface area contributed by atoms with Crippen LogP contribution in [0.2, 0.25) is 0 Å². The highest BCUT2D eigenvalue weighted by molar-refractivity contribution is 5.34. The molecule has 2 rings (SSSR count). The number of aliphatic hydroxyl groups is 1. The lowest BCUT2D eigenvalue weighted by atomic mass is 9.81. The standard InChI is InChI=1S/C15H23NO/c1-14(2,11-17)12-6-5-7-13(10-12)15(16)8-3-4-9-15/h5-7,10,17H,3-4,8-9,11,16H2,1-2H3. The highest BCUT2D eigenvalue weighted by Gasteiger charge is 2.32. The Hall–Kier alpha value is -0.860. The predicted molar refractivity (Wildman–Crippen MR) is 70.9 cm³/mol. The van der Waals surface area contributed by atoms with Gasteiger partial charge in [-0.15, -0.1) is 0 Å². The first-order valence-corrected chi connectivity index (χ1v) is 6.49. The van der Waals surface area contributed by atoms with Crippen molar-refractivity contribution in [1.82, 2.24) is 0 Å². The van der Waals surface area contributed by atoms with Crippen molar-refractivity contribution in [1.29, 1.82) is 0 Å². The zero-order valence-electron chi connectivity index (χ0n) is 10.9. The second-order valence-electron chi connectivity index (χ2n) is 5.99. The Labute approximate surface area is 104 Å². The van der Waals surface area contributed by atoms with Crippen LogP contribution >= 0.6 is 0 Å².